The minimum absolute atomic E-state index is 0.296. The van der Waals surface area contributed by atoms with Gasteiger partial charge in [-0.15, -0.1) is 11.8 Å². The Morgan fingerprint density at radius 1 is 0.852 bits per heavy atom. The van der Waals surface area contributed by atoms with Gasteiger partial charge in [-0.1, -0.05) is 56.3 Å². The summed E-state index contributed by atoms with van der Waals surface area (Å²) in [5, 5.41) is 0.296. The summed E-state index contributed by atoms with van der Waals surface area (Å²) in [6.07, 6.45) is -0.440. The lowest BCUT2D eigenvalue weighted by atomic mass is 10.00. The highest BCUT2D eigenvalue weighted by atomic mass is 32.2. The van der Waals surface area contributed by atoms with Gasteiger partial charge in [-0.05, 0) is 23.3 Å². The third kappa shape index (κ3) is 4.53. The van der Waals surface area contributed by atoms with Crippen LogP contribution >= 0.6 is 11.8 Å². The number of halogens is 3. The summed E-state index contributed by atoms with van der Waals surface area (Å²) in [6.45, 7) is 4.17. The molecule has 0 saturated carbocycles. The molecule has 5 heteroatoms. The quantitative estimate of drug-likeness (QED) is 0.371. The fraction of sp³-hybridized carbons (Fsp3) is 0.227. The number of nitrogens with zero attached hydrogens (tertiary/aromatic N) is 1. The topological polar surface area (TPSA) is 3.88 Å². The van der Waals surface area contributed by atoms with Gasteiger partial charge in [-0.3, -0.25) is 0 Å². The normalized spacial score (nSPS) is 11.8. The Balaban J connectivity index is 2.25. The number of pyridine rings is 1. The fourth-order valence-corrected chi connectivity index (χ4v) is 4.03. The zero-order valence-electron chi connectivity index (χ0n) is 15.4. The molecule has 1 nitrogen and oxygen atoms in total. The van der Waals surface area contributed by atoms with E-state index in [1.54, 1.807) is 17.8 Å². The molecule has 0 atom stereocenters. The van der Waals surface area contributed by atoms with Gasteiger partial charge in [-0.2, -0.15) is 13.2 Å². The van der Waals surface area contributed by atoms with E-state index in [0.717, 1.165) is 27.7 Å². The number of alkyl halides is 3. The van der Waals surface area contributed by atoms with Gasteiger partial charge < -0.3 is 0 Å². The van der Waals surface area contributed by atoms with Crippen LogP contribution in [0.5, 0.6) is 0 Å². The molecule has 3 aromatic rings. The highest BCUT2D eigenvalue weighted by molar-refractivity contribution is 8.00. The standard InChI is InChI=1S/C22H21F3NS/c1-15(2)27-21-19(16-8-5-4-6-9-16)13-26(3)14-20(21)17-10-7-11-18(12-17)22(23,24)25/h4-15H,1-3H3/q+1. The van der Waals surface area contributed by atoms with Crippen LogP contribution in [-0.4, -0.2) is 5.25 Å². The smallest absolute Gasteiger partial charge is 0.207 e. The molecule has 1 aromatic heterocycles. The van der Waals surface area contributed by atoms with Gasteiger partial charge >= 0.3 is 6.18 Å². The van der Waals surface area contributed by atoms with Crippen molar-refractivity contribution in [2.24, 2.45) is 7.05 Å². The Labute approximate surface area is 161 Å². The molecule has 0 aliphatic rings. The molecule has 0 unspecified atom stereocenters. The molecule has 2 aromatic carbocycles. The van der Waals surface area contributed by atoms with E-state index in [9.17, 15) is 13.2 Å². The van der Waals surface area contributed by atoms with Crippen molar-refractivity contribution >= 4 is 11.8 Å². The first-order chi connectivity index (χ1) is 12.8. The molecule has 0 fully saturated rings. The molecule has 0 bridgehead atoms. The first kappa shape index (κ1) is 19.5. The maximum absolute atomic E-state index is 13.2. The second-order valence-electron chi connectivity index (χ2n) is 6.69. The zero-order valence-corrected chi connectivity index (χ0v) is 16.2. The van der Waals surface area contributed by atoms with E-state index in [2.05, 4.69) is 13.8 Å². The Bertz CT molecular complexity index is 934. The van der Waals surface area contributed by atoms with Crippen molar-refractivity contribution in [2.75, 3.05) is 0 Å². The van der Waals surface area contributed by atoms with E-state index >= 15 is 0 Å². The Kier molecular flexibility index (Phi) is 5.61. The number of hydrogen-bond acceptors (Lipinski definition) is 1. The largest absolute Gasteiger partial charge is 0.416 e. The molecule has 3 rings (SSSR count). The molecule has 0 spiro atoms. The van der Waals surface area contributed by atoms with Crippen molar-refractivity contribution < 1.29 is 17.7 Å². The maximum Gasteiger partial charge on any atom is 0.416 e. The first-order valence-corrected chi connectivity index (χ1v) is 9.56. The predicted molar refractivity (Wildman–Crippen MR) is 104 cm³/mol. The van der Waals surface area contributed by atoms with E-state index in [1.807, 2.05) is 54.3 Å². The van der Waals surface area contributed by atoms with Crippen molar-refractivity contribution in [1.29, 1.82) is 0 Å². The van der Waals surface area contributed by atoms with E-state index in [-0.39, 0.29) is 0 Å². The average molecular weight is 388 g/mol. The summed E-state index contributed by atoms with van der Waals surface area (Å²) in [5.74, 6) is 0. The van der Waals surface area contributed by atoms with Crippen molar-refractivity contribution in [3.8, 4) is 22.3 Å². The minimum Gasteiger partial charge on any atom is -0.207 e. The van der Waals surface area contributed by atoms with Crippen LogP contribution in [-0.2, 0) is 13.2 Å². The average Bonchev–Trinajstić information content (AvgIpc) is 2.62. The number of rotatable bonds is 4. The van der Waals surface area contributed by atoms with Crippen LogP contribution in [0.1, 0.15) is 19.4 Å². The third-order valence-electron chi connectivity index (χ3n) is 4.09. The number of aromatic nitrogens is 1. The summed E-state index contributed by atoms with van der Waals surface area (Å²) in [4.78, 5) is 0.994. The zero-order chi connectivity index (χ0) is 19.6. The highest BCUT2D eigenvalue weighted by Gasteiger charge is 2.31. The molecule has 140 valence electrons. The van der Waals surface area contributed by atoms with Crippen molar-refractivity contribution in [3.63, 3.8) is 0 Å². The molecule has 0 aliphatic heterocycles. The molecule has 0 N–H and O–H groups in total. The minimum atomic E-state index is -4.36. The van der Waals surface area contributed by atoms with Crippen LogP contribution in [0.3, 0.4) is 0 Å². The van der Waals surface area contributed by atoms with Crippen molar-refractivity contribution in [1.82, 2.24) is 0 Å². The Morgan fingerprint density at radius 3 is 2.04 bits per heavy atom. The number of benzene rings is 2. The van der Waals surface area contributed by atoms with E-state index < -0.39 is 11.7 Å². The molecule has 27 heavy (non-hydrogen) atoms. The van der Waals surface area contributed by atoms with Crippen LogP contribution in [0.2, 0.25) is 0 Å². The lowest BCUT2D eigenvalue weighted by Gasteiger charge is -2.16. The number of hydrogen-bond donors (Lipinski definition) is 0. The lowest BCUT2D eigenvalue weighted by Crippen LogP contribution is -2.27. The second kappa shape index (κ2) is 7.77. The number of aryl methyl sites for hydroxylation is 1. The number of thioether (sulfide) groups is 1. The molecular weight excluding hydrogens is 367 g/mol. The Morgan fingerprint density at radius 2 is 1.44 bits per heavy atom. The molecule has 0 amide bonds. The van der Waals surface area contributed by atoms with Gasteiger partial charge in [0.1, 0.15) is 7.05 Å². The van der Waals surface area contributed by atoms with Gasteiger partial charge in [-0.25, -0.2) is 4.57 Å². The highest BCUT2D eigenvalue weighted by Crippen LogP contribution is 2.41. The molecule has 0 saturated heterocycles. The van der Waals surface area contributed by atoms with Crippen LogP contribution in [0.15, 0.2) is 71.9 Å². The lowest BCUT2D eigenvalue weighted by molar-refractivity contribution is -0.670. The van der Waals surface area contributed by atoms with Crippen LogP contribution < -0.4 is 4.57 Å². The fourth-order valence-electron chi connectivity index (χ4n) is 2.96. The van der Waals surface area contributed by atoms with Crippen LogP contribution in [0.4, 0.5) is 13.2 Å². The van der Waals surface area contributed by atoms with Crippen molar-refractivity contribution in [3.05, 3.63) is 72.6 Å². The summed E-state index contributed by atoms with van der Waals surface area (Å²) in [7, 11) is 1.90. The van der Waals surface area contributed by atoms with Gasteiger partial charge in [0.25, 0.3) is 0 Å². The SMILES string of the molecule is CC(C)Sc1c(-c2ccccc2)c[n+](C)cc1-c1cccc(C(F)(F)F)c1. The molecule has 0 radical (unpaired) electrons. The van der Waals surface area contributed by atoms with Gasteiger partial charge in [0.15, 0.2) is 12.4 Å². The van der Waals surface area contributed by atoms with Gasteiger partial charge in [0.2, 0.25) is 0 Å². The van der Waals surface area contributed by atoms with Crippen LogP contribution in [0.25, 0.3) is 22.3 Å². The van der Waals surface area contributed by atoms with E-state index in [0.29, 0.717) is 10.8 Å². The summed E-state index contributed by atoms with van der Waals surface area (Å²) >= 11 is 1.67. The molecular formula is C22H21F3NS+. The van der Waals surface area contributed by atoms with Gasteiger partial charge in [0.05, 0.1) is 16.7 Å². The van der Waals surface area contributed by atoms with Crippen LogP contribution in [0, 0.1) is 0 Å². The summed E-state index contributed by atoms with van der Waals surface area (Å²) in [5.41, 5.74) is 2.81. The molecule has 1 heterocycles. The Hall–Kier alpha value is -2.27. The molecule has 0 aliphatic carbocycles. The third-order valence-corrected chi connectivity index (χ3v) is 5.24. The first-order valence-electron chi connectivity index (χ1n) is 8.68. The maximum atomic E-state index is 13.2. The van der Waals surface area contributed by atoms with Crippen molar-refractivity contribution in [2.45, 2.75) is 30.2 Å². The second-order valence-corrected chi connectivity index (χ2v) is 8.28. The van der Waals surface area contributed by atoms with Gasteiger partial charge in [0, 0.05) is 10.1 Å². The summed E-state index contributed by atoms with van der Waals surface area (Å²) < 4.78 is 41.5. The van der Waals surface area contributed by atoms with E-state index in [4.69, 9.17) is 0 Å². The predicted octanol–water partition coefficient (Wildman–Crippen LogP) is 6.36. The summed E-state index contributed by atoms with van der Waals surface area (Å²) in [6, 6.07) is 15.5. The van der Waals surface area contributed by atoms with E-state index in [1.165, 1.54) is 12.1 Å². The monoisotopic (exact) mass is 388 g/mol.